The summed E-state index contributed by atoms with van der Waals surface area (Å²) in [5.41, 5.74) is 3.04. The summed E-state index contributed by atoms with van der Waals surface area (Å²) in [6.07, 6.45) is 14.3. The Balaban J connectivity index is 2.47. The molecule has 0 aromatic heterocycles. The average molecular weight is 304 g/mol. The van der Waals surface area contributed by atoms with E-state index in [1.807, 2.05) is 26.8 Å². The first-order valence-electron chi connectivity index (χ1n) is 8.68. The molecule has 1 rings (SSSR count). The third-order valence-electron chi connectivity index (χ3n) is 4.55. The number of hydrogen-bond acceptors (Lipinski definition) is 2. The van der Waals surface area contributed by atoms with Crippen LogP contribution in [0.4, 0.5) is 0 Å². The number of benzene rings is 1. The molecule has 0 aliphatic rings. The fourth-order valence-corrected chi connectivity index (χ4v) is 2.77. The molecule has 0 aliphatic heterocycles. The summed E-state index contributed by atoms with van der Waals surface area (Å²) in [5, 5.41) is 20.3. The largest absolute Gasteiger partial charge is 0.507 e. The Morgan fingerprint density at radius 1 is 0.727 bits per heavy atom. The lowest BCUT2D eigenvalue weighted by Gasteiger charge is -2.13. The molecule has 0 saturated heterocycles. The van der Waals surface area contributed by atoms with Crippen LogP contribution in [-0.2, 0) is 0 Å². The highest BCUT2D eigenvalue weighted by molar-refractivity contribution is 5.68. The Labute approximate surface area is 135 Å². The van der Waals surface area contributed by atoms with Crippen molar-refractivity contribution in [3.63, 3.8) is 0 Å². The molecule has 0 spiro atoms. The Morgan fingerprint density at radius 2 is 1.27 bits per heavy atom. The Morgan fingerprint density at radius 3 is 1.91 bits per heavy atom. The topological polar surface area (TPSA) is 40.5 Å². The normalized spacial score (nSPS) is 11.5. The lowest BCUT2D eigenvalue weighted by atomic mass is 9.97. The molecule has 2 heteroatoms. The summed E-state index contributed by atoms with van der Waals surface area (Å²) in [5.74, 6) is 0.592. The van der Waals surface area contributed by atoms with Gasteiger partial charge in [0.05, 0.1) is 0 Å². The summed E-state index contributed by atoms with van der Waals surface area (Å²) < 4.78 is 0. The second-order valence-corrected chi connectivity index (χ2v) is 6.30. The average Bonchev–Trinajstić information content (AvgIpc) is 2.52. The van der Waals surface area contributed by atoms with Crippen molar-refractivity contribution in [2.24, 2.45) is 0 Å². The molecule has 2 N–H and O–H groups in total. The maximum Gasteiger partial charge on any atom is 0.126 e. The van der Waals surface area contributed by atoms with Crippen LogP contribution >= 0.6 is 0 Å². The smallest absolute Gasteiger partial charge is 0.126 e. The van der Waals surface area contributed by atoms with Crippen LogP contribution < -0.4 is 0 Å². The maximum atomic E-state index is 10.2. The Kier molecular flexibility index (Phi) is 8.08. The lowest BCUT2D eigenvalue weighted by Crippen LogP contribution is -1.92. The van der Waals surface area contributed by atoms with Gasteiger partial charge in [0.25, 0.3) is 0 Å². The zero-order valence-electron chi connectivity index (χ0n) is 14.7. The van der Waals surface area contributed by atoms with Gasteiger partial charge in [0.2, 0.25) is 0 Å². The molecule has 0 amide bonds. The first-order valence-corrected chi connectivity index (χ1v) is 8.68. The highest BCUT2D eigenvalue weighted by atomic mass is 16.3. The van der Waals surface area contributed by atoms with E-state index in [9.17, 15) is 10.2 Å². The number of allylic oxidation sites excluding steroid dienone is 1. The minimum absolute atomic E-state index is 0.295. The summed E-state index contributed by atoms with van der Waals surface area (Å²) in [6.45, 7) is 7.78. The van der Waals surface area contributed by atoms with Gasteiger partial charge in [-0.15, -0.1) is 0 Å². The molecule has 0 unspecified atom stereocenters. The zero-order chi connectivity index (χ0) is 16.5. The summed E-state index contributed by atoms with van der Waals surface area (Å²) >= 11 is 0. The molecule has 0 saturated carbocycles. The van der Waals surface area contributed by atoms with Gasteiger partial charge < -0.3 is 10.2 Å². The molecule has 1 aromatic rings. The molecule has 2 nitrogen and oxygen atoms in total. The quantitative estimate of drug-likeness (QED) is 0.422. The van der Waals surface area contributed by atoms with Gasteiger partial charge >= 0.3 is 0 Å². The standard InChI is InChI=1S/C20H32O2/c1-5-6-7-8-9-10-11-12-13-14-18-17(4)19(21)15(2)16(3)20(18)22/h13-14,21-22H,5-12H2,1-4H3/b14-13+. The van der Waals surface area contributed by atoms with Crippen molar-refractivity contribution < 1.29 is 10.2 Å². The van der Waals surface area contributed by atoms with Crippen LogP contribution in [0.25, 0.3) is 6.08 Å². The maximum absolute atomic E-state index is 10.2. The molecule has 0 bridgehead atoms. The van der Waals surface area contributed by atoms with Gasteiger partial charge in [-0.05, 0) is 44.7 Å². The number of aromatic hydroxyl groups is 2. The lowest BCUT2D eigenvalue weighted by molar-refractivity contribution is 0.448. The second kappa shape index (κ2) is 9.55. The van der Waals surface area contributed by atoms with E-state index in [2.05, 4.69) is 13.0 Å². The number of hydrogen-bond donors (Lipinski definition) is 2. The van der Waals surface area contributed by atoms with Crippen molar-refractivity contribution in [1.29, 1.82) is 0 Å². The predicted molar refractivity (Wildman–Crippen MR) is 95.6 cm³/mol. The van der Waals surface area contributed by atoms with Crippen molar-refractivity contribution in [3.05, 3.63) is 28.3 Å². The summed E-state index contributed by atoms with van der Waals surface area (Å²) in [7, 11) is 0. The summed E-state index contributed by atoms with van der Waals surface area (Å²) in [4.78, 5) is 0. The summed E-state index contributed by atoms with van der Waals surface area (Å²) in [6, 6.07) is 0. The molecule has 0 fully saturated rings. The van der Waals surface area contributed by atoms with Crippen molar-refractivity contribution in [2.75, 3.05) is 0 Å². The number of rotatable bonds is 9. The molecule has 0 atom stereocenters. The van der Waals surface area contributed by atoms with E-state index in [1.54, 1.807) is 0 Å². The van der Waals surface area contributed by atoms with Gasteiger partial charge in [-0.1, -0.05) is 57.6 Å². The van der Waals surface area contributed by atoms with Crippen LogP contribution in [0, 0.1) is 20.8 Å². The van der Waals surface area contributed by atoms with Crippen molar-refractivity contribution in [1.82, 2.24) is 0 Å². The fourth-order valence-electron chi connectivity index (χ4n) is 2.77. The minimum atomic E-state index is 0.295. The molecule has 0 radical (unpaired) electrons. The number of unbranched alkanes of at least 4 members (excludes halogenated alkanes) is 7. The molecular formula is C20H32O2. The van der Waals surface area contributed by atoms with Crippen LogP contribution in [0.15, 0.2) is 6.08 Å². The van der Waals surface area contributed by atoms with Crippen LogP contribution in [0.3, 0.4) is 0 Å². The molecular weight excluding hydrogens is 272 g/mol. The van der Waals surface area contributed by atoms with Gasteiger partial charge in [0.15, 0.2) is 0 Å². The van der Waals surface area contributed by atoms with Crippen LogP contribution in [0.2, 0.25) is 0 Å². The Hall–Kier alpha value is -1.44. The molecule has 0 aliphatic carbocycles. The highest BCUT2D eigenvalue weighted by Crippen LogP contribution is 2.36. The number of phenols is 2. The van der Waals surface area contributed by atoms with Crippen molar-refractivity contribution >= 4 is 6.08 Å². The van der Waals surface area contributed by atoms with E-state index in [4.69, 9.17) is 0 Å². The Bertz CT molecular complexity index is 472. The van der Waals surface area contributed by atoms with E-state index in [0.717, 1.165) is 28.7 Å². The van der Waals surface area contributed by atoms with Gasteiger partial charge in [-0.2, -0.15) is 0 Å². The zero-order valence-corrected chi connectivity index (χ0v) is 14.7. The first kappa shape index (κ1) is 18.6. The second-order valence-electron chi connectivity index (χ2n) is 6.30. The molecule has 124 valence electrons. The highest BCUT2D eigenvalue weighted by Gasteiger charge is 2.14. The van der Waals surface area contributed by atoms with Crippen molar-refractivity contribution in [2.45, 2.75) is 79.1 Å². The van der Waals surface area contributed by atoms with E-state index in [0.29, 0.717) is 11.5 Å². The van der Waals surface area contributed by atoms with Crippen LogP contribution in [-0.4, -0.2) is 10.2 Å². The minimum Gasteiger partial charge on any atom is -0.507 e. The van der Waals surface area contributed by atoms with Crippen LogP contribution in [0.5, 0.6) is 11.5 Å². The monoisotopic (exact) mass is 304 g/mol. The van der Waals surface area contributed by atoms with Crippen LogP contribution in [0.1, 0.15) is 80.5 Å². The van der Waals surface area contributed by atoms with Gasteiger partial charge in [0.1, 0.15) is 11.5 Å². The third kappa shape index (κ3) is 5.08. The van der Waals surface area contributed by atoms with Gasteiger partial charge in [-0.3, -0.25) is 0 Å². The molecule has 22 heavy (non-hydrogen) atoms. The molecule has 1 aromatic carbocycles. The third-order valence-corrected chi connectivity index (χ3v) is 4.55. The fraction of sp³-hybridized carbons (Fsp3) is 0.600. The van der Waals surface area contributed by atoms with E-state index >= 15 is 0 Å². The van der Waals surface area contributed by atoms with Crippen molar-refractivity contribution in [3.8, 4) is 11.5 Å². The van der Waals surface area contributed by atoms with E-state index in [-0.39, 0.29) is 0 Å². The van der Waals surface area contributed by atoms with E-state index < -0.39 is 0 Å². The molecule has 0 heterocycles. The van der Waals surface area contributed by atoms with E-state index in [1.165, 1.54) is 44.9 Å². The SMILES string of the molecule is CCCCCCCCC/C=C/c1c(C)c(O)c(C)c(C)c1O. The van der Waals surface area contributed by atoms with Gasteiger partial charge in [-0.25, -0.2) is 0 Å². The number of phenolic OH excluding ortho intramolecular Hbond substituents is 2. The first-order chi connectivity index (χ1) is 10.5. The van der Waals surface area contributed by atoms with Gasteiger partial charge in [0, 0.05) is 11.1 Å². The predicted octanol–water partition coefficient (Wildman–Crippen LogP) is 6.18.